The molecule has 0 unspecified atom stereocenters. The molecule has 8 heteroatoms. The van der Waals surface area contributed by atoms with Gasteiger partial charge in [0.1, 0.15) is 16.8 Å². The number of fused-ring (bicyclic) bond motifs is 3. The van der Waals surface area contributed by atoms with Crippen molar-refractivity contribution >= 4 is 28.0 Å². The lowest BCUT2D eigenvalue weighted by molar-refractivity contribution is -0.173. The van der Waals surface area contributed by atoms with Crippen molar-refractivity contribution in [1.82, 2.24) is 25.3 Å². The smallest absolute Gasteiger partial charge is 0.287 e. The Kier molecular flexibility index (Phi) is 2.50. The molecule has 8 nitrogen and oxygen atoms in total. The molecule has 1 amide bonds. The number of carbonyl (C=O) groups is 1. The molecule has 21 heavy (non-hydrogen) atoms. The van der Waals surface area contributed by atoms with Gasteiger partial charge < -0.3 is 25.1 Å². The van der Waals surface area contributed by atoms with Gasteiger partial charge in [-0.25, -0.2) is 9.97 Å². The van der Waals surface area contributed by atoms with Crippen LogP contribution in [0.25, 0.3) is 22.1 Å². The quantitative estimate of drug-likeness (QED) is 0.538. The number of nitrogens with one attached hydrogen (secondary N) is 3. The predicted molar refractivity (Wildman–Crippen MR) is 73.8 cm³/mol. The summed E-state index contributed by atoms with van der Waals surface area (Å²) in [5, 5.41) is 13.4. The van der Waals surface area contributed by atoms with E-state index in [0.717, 1.165) is 11.0 Å². The number of aromatic nitrogens is 4. The molecule has 0 bridgehead atoms. The summed E-state index contributed by atoms with van der Waals surface area (Å²) in [5.41, 5.74) is 1.15. The van der Waals surface area contributed by atoms with Crippen molar-refractivity contribution in [2.75, 3.05) is 19.8 Å². The van der Waals surface area contributed by atoms with Crippen molar-refractivity contribution in [3.63, 3.8) is 0 Å². The number of nitrogens with zero attached hydrogens (tertiary/aromatic N) is 2. The lowest BCUT2D eigenvalue weighted by Crippen LogP contribution is -2.57. The van der Waals surface area contributed by atoms with Crippen molar-refractivity contribution in [2.45, 2.75) is 5.60 Å². The van der Waals surface area contributed by atoms with Crippen LogP contribution in [-0.2, 0) is 4.74 Å². The largest absolute Gasteiger partial charge is 0.383 e. The lowest BCUT2D eigenvalue weighted by atomic mass is 10.0. The highest BCUT2D eigenvalue weighted by Crippen LogP contribution is 2.20. The van der Waals surface area contributed by atoms with Crippen LogP contribution >= 0.6 is 0 Å². The van der Waals surface area contributed by atoms with E-state index in [-0.39, 0.29) is 31.5 Å². The van der Waals surface area contributed by atoms with Crippen LogP contribution in [0.1, 0.15) is 10.6 Å². The summed E-state index contributed by atoms with van der Waals surface area (Å²) < 4.78 is 4.93. The minimum absolute atomic E-state index is 0.140. The van der Waals surface area contributed by atoms with E-state index in [9.17, 15) is 9.90 Å². The zero-order valence-corrected chi connectivity index (χ0v) is 11.0. The molecule has 108 valence electrons. The molecular formula is C13H13N5O3. The van der Waals surface area contributed by atoms with Crippen molar-refractivity contribution in [3.8, 4) is 0 Å². The highest BCUT2D eigenvalue weighted by Gasteiger charge is 2.36. The Labute approximate surface area is 118 Å². The molecule has 3 aromatic rings. The summed E-state index contributed by atoms with van der Waals surface area (Å²) in [6.45, 7) is 0.614. The average Bonchev–Trinajstić information content (AvgIpc) is 3.07. The van der Waals surface area contributed by atoms with Crippen molar-refractivity contribution in [1.29, 1.82) is 0 Å². The number of imidazole rings is 1. The third-order valence-electron chi connectivity index (χ3n) is 3.57. The number of pyridine rings is 1. The number of hydrogen-bond acceptors (Lipinski definition) is 5. The molecule has 1 fully saturated rings. The molecule has 0 aromatic carbocycles. The lowest BCUT2D eigenvalue weighted by Gasteiger charge is -2.36. The number of H-pyrrole nitrogens is 2. The molecule has 0 aliphatic carbocycles. The number of aliphatic hydroxyl groups is 1. The second-order valence-corrected chi connectivity index (χ2v) is 5.25. The van der Waals surface area contributed by atoms with E-state index in [1.54, 1.807) is 12.4 Å². The van der Waals surface area contributed by atoms with E-state index >= 15 is 0 Å². The van der Waals surface area contributed by atoms with Crippen LogP contribution in [-0.4, -0.2) is 56.3 Å². The number of ether oxygens (including phenoxy) is 1. The number of carbonyl (C=O) groups excluding carboxylic acids is 1. The van der Waals surface area contributed by atoms with Crippen LogP contribution in [0.5, 0.6) is 0 Å². The maximum absolute atomic E-state index is 12.1. The van der Waals surface area contributed by atoms with Gasteiger partial charge in [-0.2, -0.15) is 0 Å². The van der Waals surface area contributed by atoms with E-state index in [0.29, 0.717) is 11.0 Å². The van der Waals surface area contributed by atoms with Gasteiger partial charge in [0, 0.05) is 11.6 Å². The topological polar surface area (TPSA) is 116 Å². The van der Waals surface area contributed by atoms with E-state index in [1.165, 1.54) is 0 Å². The Morgan fingerprint density at radius 1 is 1.52 bits per heavy atom. The summed E-state index contributed by atoms with van der Waals surface area (Å²) in [6.07, 6.45) is 3.41. The van der Waals surface area contributed by atoms with Crippen LogP contribution in [0.2, 0.25) is 0 Å². The Balaban J connectivity index is 1.62. The molecule has 0 saturated carbocycles. The highest BCUT2D eigenvalue weighted by molar-refractivity contribution is 6.03. The highest BCUT2D eigenvalue weighted by atomic mass is 16.5. The van der Waals surface area contributed by atoms with E-state index in [1.807, 2.05) is 6.07 Å². The number of rotatable bonds is 3. The summed E-state index contributed by atoms with van der Waals surface area (Å²) in [7, 11) is 0. The molecule has 4 N–H and O–H groups in total. The predicted octanol–water partition coefficient (Wildman–Crippen LogP) is -0.0697. The third kappa shape index (κ3) is 1.96. The molecule has 1 saturated heterocycles. The fourth-order valence-electron chi connectivity index (χ4n) is 2.35. The van der Waals surface area contributed by atoms with Gasteiger partial charge in [0.25, 0.3) is 5.91 Å². The van der Waals surface area contributed by atoms with Crippen molar-refractivity contribution in [2.24, 2.45) is 0 Å². The number of hydrogen-bond donors (Lipinski definition) is 4. The average molecular weight is 287 g/mol. The van der Waals surface area contributed by atoms with Gasteiger partial charge in [-0.15, -0.1) is 0 Å². The maximum Gasteiger partial charge on any atom is 0.287 e. The normalized spacial score (nSPS) is 17.0. The first kappa shape index (κ1) is 12.3. The van der Waals surface area contributed by atoms with E-state index < -0.39 is 5.60 Å². The van der Waals surface area contributed by atoms with Crippen LogP contribution in [0.3, 0.4) is 0 Å². The van der Waals surface area contributed by atoms with Crippen LogP contribution in [0.15, 0.2) is 18.5 Å². The molecule has 0 radical (unpaired) electrons. The fraction of sp³-hybridized carbons (Fsp3) is 0.308. The molecule has 1 aliphatic heterocycles. The second-order valence-electron chi connectivity index (χ2n) is 5.25. The SMILES string of the molecule is O=C(NCC1(O)COC1)c1nc2c(cnc3[nH]ccc32)[nH]1. The van der Waals surface area contributed by atoms with Gasteiger partial charge in [0.2, 0.25) is 0 Å². The van der Waals surface area contributed by atoms with Crippen LogP contribution < -0.4 is 5.32 Å². The summed E-state index contributed by atoms with van der Waals surface area (Å²) in [4.78, 5) is 26.6. The zero-order chi connectivity index (χ0) is 14.4. The molecule has 3 aromatic heterocycles. The van der Waals surface area contributed by atoms with Crippen molar-refractivity contribution in [3.05, 3.63) is 24.3 Å². The first-order chi connectivity index (χ1) is 10.1. The van der Waals surface area contributed by atoms with Gasteiger partial charge in [-0.3, -0.25) is 4.79 Å². The van der Waals surface area contributed by atoms with E-state index in [2.05, 4.69) is 25.3 Å². The maximum atomic E-state index is 12.1. The van der Waals surface area contributed by atoms with Gasteiger partial charge in [0.15, 0.2) is 5.82 Å². The number of aromatic amines is 2. The first-order valence-electron chi connectivity index (χ1n) is 6.55. The minimum Gasteiger partial charge on any atom is -0.383 e. The summed E-state index contributed by atoms with van der Waals surface area (Å²) in [5.74, 6) is -0.167. The second kappa shape index (κ2) is 4.27. The van der Waals surface area contributed by atoms with Gasteiger partial charge in [-0.1, -0.05) is 0 Å². The van der Waals surface area contributed by atoms with Gasteiger partial charge in [-0.05, 0) is 6.07 Å². The monoisotopic (exact) mass is 287 g/mol. The summed E-state index contributed by atoms with van der Waals surface area (Å²) >= 11 is 0. The molecule has 4 rings (SSSR count). The van der Waals surface area contributed by atoms with Crippen LogP contribution in [0.4, 0.5) is 0 Å². The number of amides is 1. The Morgan fingerprint density at radius 2 is 2.38 bits per heavy atom. The fourth-order valence-corrected chi connectivity index (χ4v) is 2.35. The minimum atomic E-state index is -0.961. The summed E-state index contributed by atoms with van der Waals surface area (Å²) in [6, 6.07) is 1.86. The molecular weight excluding hydrogens is 274 g/mol. The Hall–Kier alpha value is -2.45. The Morgan fingerprint density at radius 3 is 3.14 bits per heavy atom. The van der Waals surface area contributed by atoms with E-state index in [4.69, 9.17) is 4.74 Å². The first-order valence-corrected chi connectivity index (χ1v) is 6.55. The van der Waals surface area contributed by atoms with Crippen LogP contribution in [0, 0.1) is 0 Å². The van der Waals surface area contributed by atoms with Crippen molar-refractivity contribution < 1.29 is 14.6 Å². The van der Waals surface area contributed by atoms with Gasteiger partial charge >= 0.3 is 0 Å². The molecule has 0 atom stereocenters. The molecule has 4 heterocycles. The standard InChI is InChI=1S/C13H13N5O3/c19-12(16-4-13(20)5-21-6-13)11-17-8-3-15-10-7(1-2-14-10)9(8)18-11/h1-3,20H,4-6H2,(H,14,15)(H,16,19)(H,17,18). The zero-order valence-electron chi connectivity index (χ0n) is 11.0. The molecule has 1 aliphatic rings. The molecule has 0 spiro atoms. The Bertz CT molecular complexity index is 833. The van der Waals surface area contributed by atoms with Gasteiger partial charge in [0.05, 0.1) is 31.5 Å². The third-order valence-corrected chi connectivity index (χ3v) is 3.57.